The zero-order chi connectivity index (χ0) is 18.1. The van der Waals surface area contributed by atoms with Crippen LogP contribution in [0.2, 0.25) is 0 Å². The van der Waals surface area contributed by atoms with Gasteiger partial charge in [0.1, 0.15) is 0 Å². The molecule has 2 aromatic rings. The molecule has 5 nitrogen and oxygen atoms in total. The second-order valence-electron chi connectivity index (χ2n) is 5.40. The summed E-state index contributed by atoms with van der Waals surface area (Å²) in [6, 6.07) is 13.5. The minimum atomic E-state index is -3.41. The first-order valence-electron chi connectivity index (χ1n) is 8.29. The van der Waals surface area contributed by atoms with E-state index >= 15 is 0 Å². The smallest absolute Gasteiger partial charge is 0.297 e. The number of pyridine rings is 1. The predicted molar refractivity (Wildman–Crippen MR) is 100 cm³/mol. The van der Waals surface area contributed by atoms with Crippen molar-refractivity contribution in [2.24, 2.45) is 0 Å². The number of rotatable bonds is 10. The Balaban J connectivity index is 2.27. The Kier molecular flexibility index (Phi) is 8.07. The van der Waals surface area contributed by atoms with Crippen molar-refractivity contribution in [3.05, 3.63) is 65.5 Å². The fourth-order valence-corrected chi connectivity index (χ4v) is 4.27. The van der Waals surface area contributed by atoms with Gasteiger partial charge in [-0.3, -0.25) is 14.0 Å². The van der Waals surface area contributed by atoms with Crippen LogP contribution in [0.1, 0.15) is 30.7 Å². The molecule has 1 aromatic heterocycles. The van der Waals surface area contributed by atoms with E-state index in [-0.39, 0.29) is 0 Å². The van der Waals surface area contributed by atoms with Crippen molar-refractivity contribution in [2.45, 2.75) is 32.8 Å². The van der Waals surface area contributed by atoms with Gasteiger partial charge in [-0.15, -0.1) is 11.6 Å². The lowest BCUT2D eigenvalue weighted by Crippen LogP contribution is -2.23. The lowest BCUT2D eigenvalue weighted by molar-refractivity contribution is 0.161. The highest BCUT2D eigenvalue weighted by Crippen LogP contribution is 2.53. The Hall–Kier alpha value is -1.23. The molecule has 0 aliphatic heterocycles. The van der Waals surface area contributed by atoms with E-state index in [4.69, 9.17) is 20.6 Å². The summed E-state index contributed by atoms with van der Waals surface area (Å²) in [4.78, 5) is 4.33. The van der Waals surface area contributed by atoms with E-state index in [1.54, 1.807) is 24.7 Å². The van der Waals surface area contributed by atoms with Gasteiger partial charge in [-0.2, -0.15) is 4.67 Å². The molecule has 0 saturated heterocycles. The molecule has 0 unspecified atom stereocenters. The average Bonchev–Trinajstić information content (AvgIpc) is 2.63. The van der Waals surface area contributed by atoms with Gasteiger partial charge in [-0.1, -0.05) is 30.3 Å². The summed E-state index contributed by atoms with van der Waals surface area (Å²) in [5, 5.41) is 0. The van der Waals surface area contributed by atoms with Crippen LogP contribution in [0.4, 0.5) is 0 Å². The number of halogens is 1. The molecule has 0 spiro atoms. The largest absolute Gasteiger partial charge is 0.408 e. The van der Waals surface area contributed by atoms with Gasteiger partial charge >= 0.3 is 7.75 Å². The quantitative estimate of drug-likeness (QED) is 0.427. The first kappa shape index (κ1) is 20.1. The number of hydrogen-bond acceptors (Lipinski definition) is 4. The predicted octanol–water partition coefficient (Wildman–Crippen LogP) is 5.00. The van der Waals surface area contributed by atoms with Crippen molar-refractivity contribution in [1.29, 1.82) is 0 Å². The van der Waals surface area contributed by atoms with Crippen LogP contribution < -0.4 is 0 Å². The molecule has 0 N–H and O–H groups in total. The summed E-state index contributed by atoms with van der Waals surface area (Å²) in [6.45, 7) is 5.02. The van der Waals surface area contributed by atoms with E-state index in [9.17, 15) is 4.57 Å². The summed E-state index contributed by atoms with van der Waals surface area (Å²) in [5.74, 6) is 0.467. The molecule has 1 heterocycles. The zero-order valence-electron chi connectivity index (χ0n) is 14.6. The van der Waals surface area contributed by atoms with Crippen LogP contribution >= 0.6 is 19.3 Å². The molecule has 136 valence electrons. The Morgan fingerprint density at radius 2 is 1.64 bits per heavy atom. The van der Waals surface area contributed by atoms with E-state index in [1.807, 2.05) is 42.5 Å². The molecule has 0 atom stereocenters. The van der Waals surface area contributed by atoms with Gasteiger partial charge < -0.3 is 0 Å². The van der Waals surface area contributed by atoms with Gasteiger partial charge in [0.05, 0.1) is 25.5 Å². The van der Waals surface area contributed by atoms with Crippen LogP contribution in [0.5, 0.6) is 0 Å². The molecule has 7 heteroatoms. The van der Waals surface area contributed by atoms with Gasteiger partial charge in [0, 0.05) is 18.6 Å². The minimum Gasteiger partial charge on any atom is -0.297 e. The van der Waals surface area contributed by atoms with E-state index in [0.717, 1.165) is 16.8 Å². The van der Waals surface area contributed by atoms with E-state index in [0.29, 0.717) is 32.2 Å². The van der Waals surface area contributed by atoms with Crippen LogP contribution in [-0.2, 0) is 32.6 Å². The van der Waals surface area contributed by atoms with Gasteiger partial charge in [0.25, 0.3) is 0 Å². The first-order valence-corrected chi connectivity index (χ1v) is 10.3. The number of nitrogens with zero attached hydrogens (tertiary/aromatic N) is 2. The third kappa shape index (κ3) is 5.91. The summed E-state index contributed by atoms with van der Waals surface area (Å²) in [5.41, 5.74) is 2.85. The minimum absolute atomic E-state index is 0.307. The van der Waals surface area contributed by atoms with Crippen molar-refractivity contribution in [3.63, 3.8) is 0 Å². The monoisotopic (exact) mass is 382 g/mol. The van der Waals surface area contributed by atoms with Crippen molar-refractivity contribution < 1.29 is 13.6 Å². The fraction of sp³-hybridized carbons (Fsp3) is 0.389. The van der Waals surface area contributed by atoms with E-state index < -0.39 is 7.75 Å². The Morgan fingerprint density at radius 1 is 1.00 bits per heavy atom. The molecule has 0 fully saturated rings. The highest BCUT2D eigenvalue weighted by atomic mass is 35.5. The molecule has 0 radical (unpaired) electrons. The summed E-state index contributed by atoms with van der Waals surface area (Å²) < 4.78 is 26.1. The van der Waals surface area contributed by atoms with Crippen LogP contribution in [0.15, 0.2) is 48.7 Å². The van der Waals surface area contributed by atoms with Crippen LogP contribution in [0, 0.1) is 0 Å². The van der Waals surface area contributed by atoms with Crippen molar-refractivity contribution in [2.75, 3.05) is 13.2 Å². The normalized spacial score (nSPS) is 11.8. The van der Waals surface area contributed by atoms with Crippen molar-refractivity contribution in [1.82, 2.24) is 9.65 Å². The molecular weight excluding hydrogens is 359 g/mol. The first-order chi connectivity index (χ1) is 12.1. The number of hydrogen-bond donors (Lipinski definition) is 0. The molecule has 0 bridgehead atoms. The third-order valence-corrected chi connectivity index (χ3v) is 6.00. The summed E-state index contributed by atoms with van der Waals surface area (Å²) >= 11 is 5.84. The Labute approximate surface area is 154 Å². The zero-order valence-corrected chi connectivity index (χ0v) is 16.2. The highest BCUT2D eigenvalue weighted by Gasteiger charge is 2.33. The van der Waals surface area contributed by atoms with Gasteiger partial charge in [-0.25, -0.2) is 4.57 Å². The van der Waals surface area contributed by atoms with Crippen LogP contribution in [0.25, 0.3) is 0 Å². The molecule has 0 aliphatic carbocycles. The molecule has 1 aromatic carbocycles. The topological polar surface area (TPSA) is 51.7 Å². The fourth-order valence-electron chi connectivity index (χ4n) is 2.38. The second kappa shape index (κ2) is 10.0. The average molecular weight is 383 g/mol. The number of alkyl halides is 1. The molecule has 25 heavy (non-hydrogen) atoms. The molecule has 0 amide bonds. The highest BCUT2D eigenvalue weighted by molar-refractivity contribution is 7.51. The number of benzene rings is 1. The lowest BCUT2D eigenvalue weighted by atomic mass is 10.1. The van der Waals surface area contributed by atoms with E-state index in [1.165, 1.54) is 0 Å². The summed E-state index contributed by atoms with van der Waals surface area (Å²) in [6.07, 6.45) is 1.72. The number of aromatic nitrogens is 1. The van der Waals surface area contributed by atoms with Crippen molar-refractivity contribution in [3.8, 4) is 0 Å². The third-order valence-electron chi connectivity index (χ3n) is 3.54. The standard InChI is InChI=1S/C18H24ClN2O3P/c1-3-23-25(22,24-4-2)21(15-18-7-5-6-12-20-18)14-17-10-8-16(13-19)9-11-17/h5-12H,3-4,13-15H2,1-2H3. The lowest BCUT2D eigenvalue weighted by Gasteiger charge is -2.29. The molecule has 2 rings (SSSR count). The maximum atomic E-state index is 13.3. The second-order valence-corrected chi connectivity index (χ2v) is 7.68. The molecule has 0 aliphatic rings. The molecular formula is C18H24ClN2O3P. The van der Waals surface area contributed by atoms with Gasteiger partial charge in [-0.05, 0) is 37.1 Å². The van der Waals surface area contributed by atoms with Crippen molar-refractivity contribution >= 4 is 19.3 Å². The SMILES string of the molecule is CCOP(=O)(OCC)N(Cc1ccc(CCl)cc1)Cc1ccccn1. The maximum Gasteiger partial charge on any atom is 0.408 e. The van der Waals surface area contributed by atoms with Gasteiger partial charge in [0.15, 0.2) is 0 Å². The maximum absolute atomic E-state index is 13.3. The van der Waals surface area contributed by atoms with Crippen LogP contribution in [0.3, 0.4) is 0 Å². The van der Waals surface area contributed by atoms with Crippen LogP contribution in [-0.4, -0.2) is 22.9 Å². The summed E-state index contributed by atoms with van der Waals surface area (Å²) in [7, 11) is -3.41. The molecule has 0 saturated carbocycles. The Morgan fingerprint density at radius 3 is 2.16 bits per heavy atom. The van der Waals surface area contributed by atoms with E-state index in [2.05, 4.69) is 4.98 Å². The van der Waals surface area contributed by atoms with Gasteiger partial charge in [0.2, 0.25) is 0 Å². The Bertz CT molecular complexity index is 672.